The van der Waals surface area contributed by atoms with Gasteiger partial charge in [-0.05, 0) is 13.3 Å². The summed E-state index contributed by atoms with van der Waals surface area (Å²) in [5.74, 6) is -0.0281. The van der Waals surface area contributed by atoms with Crippen LogP contribution in [0.1, 0.15) is 19.8 Å². The molecule has 15 heavy (non-hydrogen) atoms. The lowest BCUT2D eigenvalue weighted by Crippen LogP contribution is -2.22. The van der Waals surface area contributed by atoms with E-state index in [1.54, 1.807) is 19.1 Å². The molecule has 1 aliphatic rings. The maximum absolute atomic E-state index is 9.62. The lowest BCUT2D eigenvalue weighted by molar-refractivity contribution is 0.107. The van der Waals surface area contributed by atoms with Gasteiger partial charge in [0.05, 0.1) is 31.0 Å². The van der Waals surface area contributed by atoms with E-state index < -0.39 is 12.2 Å². The first kappa shape index (κ1) is 12.2. The molecule has 0 aromatic rings. The molecule has 2 N–H and O–H groups in total. The van der Waals surface area contributed by atoms with Crippen LogP contribution in [0, 0.1) is 17.2 Å². The summed E-state index contributed by atoms with van der Waals surface area (Å²) in [4.78, 5) is 0. The summed E-state index contributed by atoms with van der Waals surface area (Å²) >= 11 is 0. The SMILES string of the molecule is CC(O)/C=C/[C@H]1OCC(O)[C@@H]1CCC#N. The van der Waals surface area contributed by atoms with Crippen LogP contribution in [0.25, 0.3) is 0 Å². The highest BCUT2D eigenvalue weighted by Crippen LogP contribution is 2.26. The molecule has 0 saturated carbocycles. The van der Waals surface area contributed by atoms with E-state index in [0.717, 1.165) is 0 Å². The summed E-state index contributed by atoms with van der Waals surface area (Å²) in [6, 6.07) is 2.06. The second kappa shape index (κ2) is 5.86. The fraction of sp³-hybridized carbons (Fsp3) is 0.727. The Morgan fingerprint density at radius 3 is 3.00 bits per heavy atom. The van der Waals surface area contributed by atoms with Gasteiger partial charge in [0, 0.05) is 12.3 Å². The zero-order chi connectivity index (χ0) is 11.3. The topological polar surface area (TPSA) is 73.5 Å². The molecule has 2 unspecified atom stereocenters. The van der Waals surface area contributed by atoms with Crippen molar-refractivity contribution in [3.05, 3.63) is 12.2 Å². The summed E-state index contributed by atoms with van der Waals surface area (Å²) < 4.78 is 5.37. The first-order chi connectivity index (χ1) is 7.15. The van der Waals surface area contributed by atoms with Gasteiger partial charge in [0.1, 0.15) is 0 Å². The molecule has 0 radical (unpaired) electrons. The Bertz CT molecular complexity index is 257. The molecule has 1 heterocycles. The summed E-state index contributed by atoms with van der Waals surface area (Å²) in [6.07, 6.45) is 3.27. The Morgan fingerprint density at radius 2 is 2.40 bits per heavy atom. The molecule has 1 saturated heterocycles. The van der Waals surface area contributed by atoms with Crippen LogP contribution in [0.3, 0.4) is 0 Å². The van der Waals surface area contributed by atoms with Crippen LogP contribution in [0.2, 0.25) is 0 Å². The van der Waals surface area contributed by atoms with Gasteiger partial charge in [-0.3, -0.25) is 0 Å². The molecule has 1 fully saturated rings. The Morgan fingerprint density at radius 1 is 1.67 bits per heavy atom. The molecule has 4 nitrogen and oxygen atoms in total. The van der Waals surface area contributed by atoms with Crippen molar-refractivity contribution in [2.45, 2.75) is 38.1 Å². The molecular formula is C11H17NO3. The van der Waals surface area contributed by atoms with E-state index >= 15 is 0 Å². The van der Waals surface area contributed by atoms with Crippen LogP contribution in [0.5, 0.6) is 0 Å². The molecule has 4 heteroatoms. The van der Waals surface area contributed by atoms with E-state index in [0.29, 0.717) is 19.4 Å². The summed E-state index contributed by atoms with van der Waals surface area (Å²) in [7, 11) is 0. The summed E-state index contributed by atoms with van der Waals surface area (Å²) in [6.45, 7) is 1.97. The van der Waals surface area contributed by atoms with E-state index in [9.17, 15) is 5.11 Å². The van der Waals surface area contributed by atoms with Crippen molar-refractivity contribution in [2.75, 3.05) is 6.61 Å². The fourth-order valence-corrected chi connectivity index (χ4v) is 1.73. The summed E-state index contributed by atoms with van der Waals surface area (Å²) in [5.41, 5.74) is 0. The average molecular weight is 211 g/mol. The molecule has 0 spiro atoms. The third kappa shape index (κ3) is 3.63. The van der Waals surface area contributed by atoms with Crippen molar-refractivity contribution in [3.8, 4) is 6.07 Å². The second-order valence-corrected chi connectivity index (χ2v) is 3.85. The third-order valence-electron chi connectivity index (χ3n) is 2.54. The molecule has 0 aromatic carbocycles. The molecule has 84 valence electrons. The summed E-state index contributed by atoms with van der Waals surface area (Å²) in [5, 5.41) is 27.2. The van der Waals surface area contributed by atoms with Crippen molar-refractivity contribution in [2.24, 2.45) is 5.92 Å². The molecular weight excluding hydrogens is 194 g/mol. The van der Waals surface area contributed by atoms with E-state index in [-0.39, 0.29) is 12.0 Å². The van der Waals surface area contributed by atoms with Crippen LogP contribution >= 0.6 is 0 Å². The lowest BCUT2D eigenvalue weighted by Gasteiger charge is -2.16. The number of ether oxygens (including phenoxy) is 1. The van der Waals surface area contributed by atoms with Gasteiger partial charge in [0.25, 0.3) is 0 Å². The van der Waals surface area contributed by atoms with Gasteiger partial charge in [-0.25, -0.2) is 0 Å². The van der Waals surface area contributed by atoms with Crippen LogP contribution in [0.15, 0.2) is 12.2 Å². The van der Waals surface area contributed by atoms with Crippen LogP contribution < -0.4 is 0 Å². The molecule has 0 amide bonds. The highest BCUT2D eigenvalue weighted by molar-refractivity contribution is 5.00. The lowest BCUT2D eigenvalue weighted by atomic mass is 9.93. The predicted molar refractivity (Wildman–Crippen MR) is 54.9 cm³/mol. The van der Waals surface area contributed by atoms with Gasteiger partial charge in [0.15, 0.2) is 0 Å². The minimum atomic E-state index is -0.511. The van der Waals surface area contributed by atoms with Crippen molar-refractivity contribution in [3.63, 3.8) is 0 Å². The van der Waals surface area contributed by atoms with Gasteiger partial charge in [-0.15, -0.1) is 0 Å². The minimum Gasteiger partial charge on any atom is -0.390 e. The maximum atomic E-state index is 9.62. The monoisotopic (exact) mass is 211 g/mol. The third-order valence-corrected chi connectivity index (χ3v) is 2.54. The van der Waals surface area contributed by atoms with E-state index in [1.807, 2.05) is 0 Å². The smallest absolute Gasteiger partial charge is 0.0830 e. The van der Waals surface area contributed by atoms with Crippen molar-refractivity contribution < 1.29 is 14.9 Å². The molecule has 0 bridgehead atoms. The predicted octanol–water partition coefficient (Wildman–Crippen LogP) is 0.603. The normalized spacial score (nSPS) is 33.1. The quantitative estimate of drug-likeness (QED) is 0.668. The second-order valence-electron chi connectivity index (χ2n) is 3.85. The zero-order valence-electron chi connectivity index (χ0n) is 8.84. The number of hydrogen-bond donors (Lipinski definition) is 2. The minimum absolute atomic E-state index is 0.0281. The zero-order valence-corrected chi connectivity index (χ0v) is 8.84. The first-order valence-corrected chi connectivity index (χ1v) is 5.18. The van der Waals surface area contributed by atoms with Crippen molar-refractivity contribution >= 4 is 0 Å². The first-order valence-electron chi connectivity index (χ1n) is 5.18. The number of nitrogens with zero attached hydrogens (tertiary/aromatic N) is 1. The largest absolute Gasteiger partial charge is 0.390 e. The van der Waals surface area contributed by atoms with Crippen LogP contribution in [-0.4, -0.2) is 35.1 Å². The highest BCUT2D eigenvalue weighted by atomic mass is 16.5. The standard InChI is InChI=1S/C11H17NO3/c1-8(13)4-5-11-9(3-2-6-12)10(14)7-15-11/h4-5,8-11,13-14H,2-3,7H2,1H3/b5-4+/t8?,9-,10?,11+/m0/s1. The molecule has 1 aliphatic heterocycles. The van der Waals surface area contributed by atoms with Gasteiger partial charge in [0.2, 0.25) is 0 Å². The molecule has 0 aliphatic carbocycles. The van der Waals surface area contributed by atoms with Crippen molar-refractivity contribution in [1.82, 2.24) is 0 Å². The Kier molecular flexibility index (Phi) is 4.76. The van der Waals surface area contributed by atoms with E-state index in [2.05, 4.69) is 6.07 Å². The van der Waals surface area contributed by atoms with Gasteiger partial charge < -0.3 is 14.9 Å². The number of nitriles is 1. The Hall–Kier alpha value is -0.890. The number of aliphatic hydroxyl groups is 2. The van der Waals surface area contributed by atoms with Gasteiger partial charge in [-0.1, -0.05) is 12.2 Å². The van der Waals surface area contributed by atoms with E-state index in [4.69, 9.17) is 15.1 Å². The fourth-order valence-electron chi connectivity index (χ4n) is 1.73. The van der Waals surface area contributed by atoms with Crippen LogP contribution in [0.4, 0.5) is 0 Å². The average Bonchev–Trinajstić information content (AvgIpc) is 2.53. The van der Waals surface area contributed by atoms with Gasteiger partial charge >= 0.3 is 0 Å². The molecule has 0 aromatic heterocycles. The van der Waals surface area contributed by atoms with Gasteiger partial charge in [-0.2, -0.15) is 5.26 Å². The number of aliphatic hydroxyl groups excluding tert-OH is 2. The van der Waals surface area contributed by atoms with Crippen LogP contribution in [-0.2, 0) is 4.74 Å². The van der Waals surface area contributed by atoms with Crippen molar-refractivity contribution in [1.29, 1.82) is 5.26 Å². The molecule has 4 atom stereocenters. The number of rotatable bonds is 4. The molecule has 1 rings (SSSR count). The Balaban J connectivity index is 2.52. The van der Waals surface area contributed by atoms with E-state index in [1.165, 1.54) is 0 Å². The highest BCUT2D eigenvalue weighted by Gasteiger charge is 2.33. The Labute approximate surface area is 89.8 Å². The maximum Gasteiger partial charge on any atom is 0.0830 e. The number of hydrogen-bond acceptors (Lipinski definition) is 4.